The summed E-state index contributed by atoms with van der Waals surface area (Å²) in [7, 11) is 1.52. The van der Waals surface area contributed by atoms with Gasteiger partial charge in [-0.05, 0) is 23.8 Å². The van der Waals surface area contributed by atoms with Gasteiger partial charge in [-0.1, -0.05) is 23.7 Å². The second-order valence-corrected chi connectivity index (χ2v) is 5.08. The predicted octanol–water partition coefficient (Wildman–Crippen LogP) is 3.47. The van der Waals surface area contributed by atoms with Gasteiger partial charge in [0.2, 0.25) is 0 Å². The van der Waals surface area contributed by atoms with Gasteiger partial charge in [0.05, 0.1) is 11.3 Å². The number of nitrogen functional groups attached to an aromatic ring is 1. The number of anilines is 1. The molecule has 110 valence electrons. The van der Waals surface area contributed by atoms with E-state index in [-0.39, 0.29) is 17.8 Å². The van der Waals surface area contributed by atoms with Crippen LogP contribution < -0.4 is 5.73 Å². The monoisotopic (exact) mass is 310 g/mol. The molecule has 2 N–H and O–H groups in total. The summed E-state index contributed by atoms with van der Waals surface area (Å²) in [6, 6.07) is 8.55. The van der Waals surface area contributed by atoms with Crippen molar-refractivity contribution in [3.63, 3.8) is 0 Å². The molecule has 0 aliphatic heterocycles. The van der Waals surface area contributed by atoms with E-state index in [1.807, 2.05) is 0 Å². The molecule has 3 nitrogen and oxygen atoms in total. The highest BCUT2D eigenvalue weighted by Crippen LogP contribution is 2.19. The zero-order valence-corrected chi connectivity index (χ0v) is 12.0. The number of nitrogens with zero attached hydrogens (tertiary/aromatic N) is 1. The van der Waals surface area contributed by atoms with E-state index in [0.717, 1.165) is 11.6 Å². The van der Waals surface area contributed by atoms with E-state index in [4.69, 9.17) is 17.3 Å². The average Bonchev–Trinajstić information content (AvgIpc) is 2.44. The molecule has 0 fully saturated rings. The number of carbonyl (C=O) groups excluding carboxylic acids is 1. The third-order valence-corrected chi connectivity index (χ3v) is 3.25. The number of amides is 1. The Labute approximate surface area is 125 Å². The Morgan fingerprint density at radius 2 is 1.81 bits per heavy atom. The van der Waals surface area contributed by atoms with Gasteiger partial charge < -0.3 is 10.6 Å². The summed E-state index contributed by atoms with van der Waals surface area (Å²) in [5, 5.41) is 0.588. The van der Waals surface area contributed by atoms with E-state index < -0.39 is 17.5 Å². The van der Waals surface area contributed by atoms with Crippen molar-refractivity contribution >= 4 is 23.2 Å². The average molecular weight is 311 g/mol. The Bertz CT molecular complexity index is 674. The largest absolute Gasteiger partial charge is 0.396 e. The van der Waals surface area contributed by atoms with Gasteiger partial charge in [0.1, 0.15) is 11.6 Å². The van der Waals surface area contributed by atoms with E-state index >= 15 is 0 Å². The fraction of sp³-hybridized carbons (Fsp3) is 0.133. The molecule has 0 aliphatic rings. The fourth-order valence-corrected chi connectivity index (χ4v) is 2.00. The first-order valence-corrected chi connectivity index (χ1v) is 6.50. The van der Waals surface area contributed by atoms with Crippen LogP contribution in [0.1, 0.15) is 15.9 Å². The summed E-state index contributed by atoms with van der Waals surface area (Å²) in [6.45, 7) is 0.271. The van der Waals surface area contributed by atoms with Gasteiger partial charge in [-0.25, -0.2) is 8.78 Å². The zero-order valence-electron chi connectivity index (χ0n) is 11.2. The molecule has 0 saturated carbocycles. The standard InChI is InChI=1S/C15H13ClF2N2O/c1-20(8-9-2-4-10(16)5-3-9)15(21)11-6-14(19)13(18)7-12(11)17/h2-7H,8,19H2,1H3. The highest BCUT2D eigenvalue weighted by atomic mass is 35.5. The Balaban J connectivity index is 2.19. The van der Waals surface area contributed by atoms with Crippen LogP contribution in [0.15, 0.2) is 36.4 Å². The molecule has 0 atom stereocenters. The van der Waals surface area contributed by atoms with Crippen molar-refractivity contribution in [3.05, 3.63) is 64.2 Å². The quantitative estimate of drug-likeness (QED) is 0.882. The second-order valence-electron chi connectivity index (χ2n) is 4.64. The summed E-state index contributed by atoms with van der Waals surface area (Å²) in [5.41, 5.74) is 5.69. The fourth-order valence-electron chi connectivity index (χ4n) is 1.87. The normalized spacial score (nSPS) is 10.5. The summed E-state index contributed by atoms with van der Waals surface area (Å²) < 4.78 is 26.8. The lowest BCUT2D eigenvalue weighted by molar-refractivity contribution is 0.0780. The maximum Gasteiger partial charge on any atom is 0.256 e. The number of benzene rings is 2. The first-order chi connectivity index (χ1) is 9.88. The third-order valence-electron chi connectivity index (χ3n) is 3.00. The summed E-state index contributed by atoms with van der Waals surface area (Å²) in [5.74, 6) is -2.40. The van der Waals surface area contributed by atoms with Crippen LogP contribution in [-0.4, -0.2) is 17.9 Å². The van der Waals surface area contributed by atoms with Crippen LogP contribution in [0, 0.1) is 11.6 Å². The summed E-state index contributed by atoms with van der Waals surface area (Å²) in [4.78, 5) is 13.5. The van der Waals surface area contributed by atoms with Crippen LogP contribution in [0.3, 0.4) is 0 Å². The Morgan fingerprint density at radius 1 is 1.19 bits per heavy atom. The smallest absolute Gasteiger partial charge is 0.256 e. The van der Waals surface area contributed by atoms with E-state index in [1.54, 1.807) is 24.3 Å². The second kappa shape index (κ2) is 6.10. The zero-order chi connectivity index (χ0) is 15.6. The van der Waals surface area contributed by atoms with Crippen LogP contribution in [0.25, 0.3) is 0 Å². The summed E-state index contributed by atoms with van der Waals surface area (Å²) >= 11 is 5.78. The lowest BCUT2D eigenvalue weighted by Crippen LogP contribution is -2.27. The van der Waals surface area contributed by atoms with E-state index in [9.17, 15) is 13.6 Å². The molecule has 0 aliphatic carbocycles. The molecule has 0 aromatic heterocycles. The molecule has 0 radical (unpaired) electrons. The maximum atomic E-state index is 13.7. The molecule has 0 unspecified atom stereocenters. The topological polar surface area (TPSA) is 46.3 Å². The van der Waals surface area contributed by atoms with Gasteiger partial charge >= 0.3 is 0 Å². The highest BCUT2D eigenvalue weighted by Gasteiger charge is 2.18. The minimum Gasteiger partial charge on any atom is -0.396 e. The first kappa shape index (κ1) is 15.3. The summed E-state index contributed by atoms with van der Waals surface area (Å²) in [6.07, 6.45) is 0. The lowest BCUT2D eigenvalue weighted by atomic mass is 10.1. The molecular formula is C15H13ClF2N2O. The van der Waals surface area contributed by atoms with Crippen LogP contribution >= 0.6 is 11.6 Å². The third kappa shape index (κ3) is 3.49. The number of hydrogen-bond acceptors (Lipinski definition) is 2. The van der Waals surface area contributed by atoms with Crippen molar-refractivity contribution < 1.29 is 13.6 Å². The number of carbonyl (C=O) groups is 1. The Kier molecular flexibility index (Phi) is 4.43. The molecular weight excluding hydrogens is 298 g/mol. The molecule has 0 spiro atoms. The van der Waals surface area contributed by atoms with E-state index in [0.29, 0.717) is 11.1 Å². The highest BCUT2D eigenvalue weighted by molar-refractivity contribution is 6.30. The van der Waals surface area contributed by atoms with Crippen molar-refractivity contribution in [2.24, 2.45) is 0 Å². The SMILES string of the molecule is CN(Cc1ccc(Cl)cc1)C(=O)c1cc(N)c(F)cc1F. The van der Waals surface area contributed by atoms with E-state index in [1.165, 1.54) is 11.9 Å². The first-order valence-electron chi connectivity index (χ1n) is 6.13. The number of nitrogens with two attached hydrogens (primary N) is 1. The van der Waals surface area contributed by atoms with Crippen LogP contribution in [0.4, 0.5) is 14.5 Å². The molecule has 6 heteroatoms. The maximum absolute atomic E-state index is 13.7. The minimum absolute atomic E-state index is 0.259. The Hall–Kier alpha value is -2.14. The van der Waals surface area contributed by atoms with Crippen LogP contribution in [-0.2, 0) is 6.54 Å². The van der Waals surface area contributed by atoms with Crippen LogP contribution in [0.5, 0.6) is 0 Å². The van der Waals surface area contributed by atoms with Gasteiger partial charge in [0.15, 0.2) is 0 Å². The van der Waals surface area contributed by atoms with Gasteiger partial charge in [-0.15, -0.1) is 0 Å². The molecule has 2 aromatic carbocycles. The molecule has 0 heterocycles. The molecule has 21 heavy (non-hydrogen) atoms. The van der Waals surface area contributed by atoms with Crippen molar-refractivity contribution in [1.29, 1.82) is 0 Å². The van der Waals surface area contributed by atoms with Gasteiger partial charge in [-0.2, -0.15) is 0 Å². The molecule has 0 saturated heterocycles. The van der Waals surface area contributed by atoms with Crippen molar-refractivity contribution in [2.45, 2.75) is 6.54 Å². The predicted molar refractivity (Wildman–Crippen MR) is 78.0 cm³/mol. The molecule has 2 aromatic rings. The van der Waals surface area contributed by atoms with Crippen molar-refractivity contribution in [3.8, 4) is 0 Å². The Morgan fingerprint density at radius 3 is 2.43 bits per heavy atom. The number of rotatable bonds is 3. The molecule has 1 amide bonds. The molecule has 0 bridgehead atoms. The van der Waals surface area contributed by atoms with Crippen molar-refractivity contribution in [2.75, 3.05) is 12.8 Å². The van der Waals surface area contributed by atoms with Crippen LogP contribution in [0.2, 0.25) is 5.02 Å². The number of hydrogen-bond donors (Lipinski definition) is 1. The number of halogens is 3. The van der Waals surface area contributed by atoms with E-state index in [2.05, 4.69) is 0 Å². The van der Waals surface area contributed by atoms with Crippen molar-refractivity contribution in [1.82, 2.24) is 4.90 Å². The minimum atomic E-state index is -0.936. The lowest BCUT2D eigenvalue weighted by Gasteiger charge is -2.18. The molecule has 2 rings (SSSR count). The van der Waals surface area contributed by atoms with Gasteiger partial charge in [-0.3, -0.25) is 4.79 Å². The van der Waals surface area contributed by atoms with Gasteiger partial charge in [0.25, 0.3) is 5.91 Å². The van der Waals surface area contributed by atoms with Gasteiger partial charge in [0, 0.05) is 24.7 Å².